The van der Waals surface area contributed by atoms with Crippen LogP contribution in [0.5, 0.6) is 0 Å². The lowest BCUT2D eigenvalue weighted by molar-refractivity contribution is 0.575. The van der Waals surface area contributed by atoms with Crippen LogP contribution in [-0.2, 0) is 0 Å². The first-order valence-electron chi connectivity index (χ1n) is 5.70. The molecule has 1 unspecified atom stereocenters. The summed E-state index contributed by atoms with van der Waals surface area (Å²) in [6, 6.07) is 8.15. The molecule has 1 atom stereocenters. The van der Waals surface area contributed by atoms with Crippen LogP contribution in [0.15, 0.2) is 39.3 Å². The fourth-order valence-corrected chi connectivity index (χ4v) is 2.95. The van der Waals surface area contributed by atoms with Crippen molar-refractivity contribution in [3.05, 3.63) is 66.3 Å². The van der Waals surface area contributed by atoms with E-state index in [1.54, 1.807) is 19.2 Å². The number of hydrogen-bond acceptors (Lipinski definition) is 1. The predicted octanol–water partition coefficient (Wildman–Crippen LogP) is 5.97. The van der Waals surface area contributed by atoms with Gasteiger partial charge < -0.3 is 5.32 Å². The molecule has 0 aliphatic carbocycles. The van der Waals surface area contributed by atoms with E-state index >= 15 is 0 Å². The first-order valence-corrected chi connectivity index (χ1v) is 8.05. The molecule has 0 aliphatic rings. The lowest BCUT2D eigenvalue weighted by Crippen LogP contribution is -2.19. The van der Waals surface area contributed by atoms with Gasteiger partial charge in [0.25, 0.3) is 0 Å². The van der Waals surface area contributed by atoms with Crippen LogP contribution in [0.4, 0.5) is 4.39 Å². The van der Waals surface area contributed by atoms with E-state index in [0.29, 0.717) is 20.1 Å². The highest BCUT2D eigenvalue weighted by atomic mass is 79.9. The lowest BCUT2D eigenvalue weighted by atomic mass is 9.98. The van der Waals surface area contributed by atoms with E-state index in [-0.39, 0.29) is 11.9 Å². The average molecular weight is 442 g/mol. The van der Waals surface area contributed by atoms with Crippen LogP contribution >= 0.6 is 55.1 Å². The monoisotopic (exact) mass is 439 g/mol. The molecule has 0 fully saturated rings. The van der Waals surface area contributed by atoms with E-state index < -0.39 is 0 Å². The van der Waals surface area contributed by atoms with Gasteiger partial charge in [0, 0.05) is 14.5 Å². The molecule has 20 heavy (non-hydrogen) atoms. The van der Waals surface area contributed by atoms with Crippen molar-refractivity contribution in [2.75, 3.05) is 7.05 Å². The molecule has 2 rings (SSSR count). The Balaban J connectivity index is 2.52. The number of halogens is 5. The molecular weight excluding hydrogens is 432 g/mol. The van der Waals surface area contributed by atoms with Crippen LogP contribution < -0.4 is 5.32 Å². The molecule has 0 aliphatic heterocycles. The van der Waals surface area contributed by atoms with Crippen molar-refractivity contribution >= 4 is 55.1 Å². The first kappa shape index (κ1) is 16.2. The minimum atomic E-state index is -0.327. The Labute approximate surface area is 143 Å². The molecule has 2 aromatic rings. The lowest BCUT2D eigenvalue weighted by Gasteiger charge is -2.19. The topological polar surface area (TPSA) is 12.0 Å². The SMILES string of the molecule is CNC(c1ccc(Cl)c(Br)c1)c1cc(Cl)c(Br)cc1F. The largest absolute Gasteiger partial charge is 0.309 e. The molecule has 6 heteroatoms. The van der Waals surface area contributed by atoms with Crippen molar-refractivity contribution in [3.63, 3.8) is 0 Å². The molecule has 1 N–H and O–H groups in total. The highest BCUT2D eigenvalue weighted by Crippen LogP contribution is 2.33. The van der Waals surface area contributed by atoms with Crippen LogP contribution in [0.2, 0.25) is 10.0 Å². The highest BCUT2D eigenvalue weighted by Gasteiger charge is 2.18. The summed E-state index contributed by atoms with van der Waals surface area (Å²) in [5.41, 5.74) is 1.37. The average Bonchev–Trinajstić information content (AvgIpc) is 2.40. The van der Waals surface area contributed by atoms with Gasteiger partial charge in [0.05, 0.1) is 16.1 Å². The molecule has 0 amide bonds. The molecule has 0 spiro atoms. The summed E-state index contributed by atoms with van der Waals surface area (Å²) in [5.74, 6) is -0.327. The summed E-state index contributed by atoms with van der Waals surface area (Å²) in [4.78, 5) is 0. The molecule has 0 aromatic heterocycles. The fraction of sp³-hybridized carbons (Fsp3) is 0.143. The van der Waals surface area contributed by atoms with Crippen LogP contribution in [-0.4, -0.2) is 7.05 Å². The molecule has 1 nitrogen and oxygen atoms in total. The van der Waals surface area contributed by atoms with E-state index in [0.717, 1.165) is 10.0 Å². The molecule has 0 saturated heterocycles. The van der Waals surface area contributed by atoms with Crippen molar-refractivity contribution in [3.8, 4) is 0 Å². The normalized spacial score (nSPS) is 12.5. The molecule has 2 aromatic carbocycles. The van der Waals surface area contributed by atoms with Gasteiger partial charge in [-0.1, -0.05) is 29.3 Å². The molecule has 0 radical (unpaired) electrons. The summed E-state index contributed by atoms with van der Waals surface area (Å²) in [7, 11) is 1.77. The maximum absolute atomic E-state index is 14.2. The zero-order valence-corrected chi connectivity index (χ0v) is 15.0. The Hall–Kier alpha value is -0.130. The minimum absolute atomic E-state index is 0.311. The number of benzene rings is 2. The van der Waals surface area contributed by atoms with E-state index in [4.69, 9.17) is 23.2 Å². The number of hydrogen-bond donors (Lipinski definition) is 1. The maximum atomic E-state index is 14.2. The number of nitrogens with one attached hydrogen (secondary N) is 1. The van der Waals surface area contributed by atoms with Crippen molar-refractivity contribution in [2.24, 2.45) is 0 Å². The van der Waals surface area contributed by atoms with Gasteiger partial charge in [0.2, 0.25) is 0 Å². The summed E-state index contributed by atoms with van der Waals surface area (Å²) < 4.78 is 15.5. The summed E-state index contributed by atoms with van der Waals surface area (Å²) in [6.45, 7) is 0. The predicted molar refractivity (Wildman–Crippen MR) is 89.2 cm³/mol. The maximum Gasteiger partial charge on any atom is 0.129 e. The summed E-state index contributed by atoms with van der Waals surface area (Å²) in [6.07, 6.45) is 0. The highest BCUT2D eigenvalue weighted by molar-refractivity contribution is 9.10. The molecule has 0 bridgehead atoms. The molecule has 106 valence electrons. The zero-order valence-electron chi connectivity index (χ0n) is 10.4. The van der Waals surface area contributed by atoms with Crippen molar-refractivity contribution in [2.45, 2.75) is 6.04 Å². The minimum Gasteiger partial charge on any atom is -0.309 e. The zero-order chi connectivity index (χ0) is 14.9. The van der Waals surface area contributed by atoms with Gasteiger partial charge in [0.1, 0.15) is 5.82 Å². The Morgan fingerprint density at radius 3 is 2.30 bits per heavy atom. The Kier molecular flexibility index (Phi) is 5.49. The van der Waals surface area contributed by atoms with Crippen LogP contribution in [0, 0.1) is 5.82 Å². The third-order valence-electron chi connectivity index (χ3n) is 2.92. The quantitative estimate of drug-likeness (QED) is 0.579. The fourth-order valence-electron chi connectivity index (χ4n) is 1.95. The standard InChI is InChI=1S/C14H10Br2Cl2FN/c1-20-14(7-2-3-11(17)9(15)4-7)8-5-12(18)10(16)6-13(8)19/h2-6,14,20H,1H3. The van der Waals surface area contributed by atoms with Gasteiger partial charge in [-0.3, -0.25) is 0 Å². The van der Waals surface area contributed by atoms with Crippen molar-refractivity contribution < 1.29 is 4.39 Å². The van der Waals surface area contributed by atoms with E-state index in [2.05, 4.69) is 37.2 Å². The van der Waals surface area contributed by atoms with Crippen LogP contribution in [0.1, 0.15) is 17.2 Å². The van der Waals surface area contributed by atoms with Crippen molar-refractivity contribution in [1.82, 2.24) is 5.32 Å². The third-order valence-corrected chi connectivity index (χ3v) is 5.33. The molecule has 0 saturated carbocycles. The molecular formula is C14H10Br2Cl2FN. The second kappa shape index (κ2) is 6.75. The van der Waals surface area contributed by atoms with Gasteiger partial charge in [-0.2, -0.15) is 0 Å². The third kappa shape index (κ3) is 3.37. The van der Waals surface area contributed by atoms with E-state index in [1.807, 2.05) is 12.1 Å². The van der Waals surface area contributed by atoms with E-state index in [1.165, 1.54) is 6.07 Å². The van der Waals surface area contributed by atoms with Crippen LogP contribution in [0.3, 0.4) is 0 Å². The van der Waals surface area contributed by atoms with Gasteiger partial charge in [-0.25, -0.2) is 4.39 Å². The van der Waals surface area contributed by atoms with Gasteiger partial charge in [-0.05, 0) is 68.7 Å². The molecule has 0 heterocycles. The first-order chi connectivity index (χ1) is 9.43. The Bertz CT molecular complexity index is 649. The van der Waals surface area contributed by atoms with Gasteiger partial charge in [0.15, 0.2) is 0 Å². The van der Waals surface area contributed by atoms with Gasteiger partial charge >= 0.3 is 0 Å². The smallest absolute Gasteiger partial charge is 0.129 e. The Morgan fingerprint density at radius 2 is 1.70 bits per heavy atom. The second-order valence-electron chi connectivity index (χ2n) is 4.18. The van der Waals surface area contributed by atoms with Gasteiger partial charge in [-0.15, -0.1) is 0 Å². The van der Waals surface area contributed by atoms with Crippen molar-refractivity contribution in [1.29, 1.82) is 0 Å². The summed E-state index contributed by atoms with van der Waals surface area (Å²) in [5, 5.41) is 4.17. The second-order valence-corrected chi connectivity index (χ2v) is 6.71. The van der Waals surface area contributed by atoms with E-state index in [9.17, 15) is 4.39 Å². The Morgan fingerprint density at radius 1 is 1.05 bits per heavy atom. The number of rotatable bonds is 3. The summed E-state index contributed by atoms with van der Waals surface area (Å²) >= 11 is 18.6. The van der Waals surface area contributed by atoms with Crippen LogP contribution in [0.25, 0.3) is 0 Å².